The van der Waals surface area contributed by atoms with Crippen molar-refractivity contribution >= 4 is 40.3 Å². The molecule has 19 heavy (non-hydrogen) atoms. The maximum Gasteiger partial charge on any atom is 0.171 e. The third-order valence-corrected chi connectivity index (χ3v) is 3.53. The topological polar surface area (TPSA) is 27.3 Å². The molecule has 2 rings (SSSR count). The summed E-state index contributed by atoms with van der Waals surface area (Å²) >= 11 is 11.4. The van der Waals surface area contributed by atoms with Crippen molar-refractivity contribution in [1.29, 1.82) is 0 Å². The van der Waals surface area contributed by atoms with Crippen LogP contribution in [-0.4, -0.2) is 24.2 Å². The van der Waals surface area contributed by atoms with Crippen LogP contribution < -0.4 is 15.5 Å². The monoisotopic (exact) mass is 297 g/mol. The lowest BCUT2D eigenvalue weighted by atomic mass is 10.2. The molecule has 0 aromatic heterocycles. The highest BCUT2D eigenvalue weighted by atomic mass is 35.5. The number of benzene rings is 1. The second kappa shape index (κ2) is 6.44. The number of anilines is 2. The van der Waals surface area contributed by atoms with Crippen molar-refractivity contribution in [2.45, 2.75) is 32.7 Å². The maximum atomic E-state index is 6.09. The molecule has 0 amide bonds. The quantitative estimate of drug-likeness (QED) is 0.833. The largest absolute Gasteiger partial charge is 0.370 e. The zero-order valence-corrected chi connectivity index (χ0v) is 12.9. The Morgan fingerprint density at radius 2 is 2.00 bits per heavy atom. The molecule has 0 saturated carbocycles. The molecule has 0 atom stereocenters. The van der Waals surface area contributed by atoms with Gasteiger partial charge in [0.05, 0.1) is 11.4 Å². The van der Waals surface area contributed by atoms with Gasteiger partial charge in [-0.3, -0.25) is 0 Å². The van der Waals surface area contributed by atoms with E-state index in [0.717, 1.165) is 23.8 Å². The molecule has 3 nitrogen and oxygen atoms in total. The van der Waals surface area contributed by atoms with E-state index in [1.807, 2.05) is 12.1 Å². The Morgan fingerprint density at radius 3 is 2.63 bits per heavy atom. The Kier molecular flexibility index (Phi) is 4.88. The van der Waals surface area contributed by atoms with Crippen LogP contribution >= 0.6 is 23.8 Å². The first-order valence-electron chi connectivity index (χ1n) is 6.68. The highest BCUT2D eigenvalue weighted by Crippen LogP contribution is 2.31. The van der Waals surface area contributed by atoms with Gasteiger partial charge in [0, 0.05) is 24.2 Å². The highest BCUT2D eigenvalue weighted by Gasteiger charge is 2.16. The zero-order valence-electron chi connectivity index (χ0n) is 11.4. The molecule has 0 unspecified atom stereocenters. The van der Waals surface area contributed by atoms with Crippen molar-refractivity contribution in [3.05, 3.63) is 23.2 Å². The molecule has 1 aromatic rings. The van der Waals surface area contributed by atoms with Crippen molar-refractivity contribution < 1.29 is 0 Å². The van der Waals surface area contributed by atoms with Gasteiger partial charge in [-0.05, 0) is 57.1 Å². The van der Waals surface area contributed by atoms with E-state index in [1.54, 1.807) is 0 Å². The van der Waals surface area contributed by atoms with Crippen LogP contribution in [0.5, 0.6) is 0 Å². The molecule has 1 saturated heterocycles. The van der Waals surface area contributed by atoms with Gasteiger partial charge in [0.25, 0.3) is 0 Å². The van der Waals surface area contributed by atoms with E-state index >= 15 is 0 Å². The van der Waals surface area contributed by atoms with Crippen LogP contribution in [0, 0.1) is 0 Å². The average molecular weight is 298 g/mol. The van der Waals surface area contributed by atoms with Gasteiger partial charge < -0.3 is 15.5 Å². The van der Waals surface area contributed by atoms with E-state index in [2.05, 4.69) is 35.4 Å². The fourth-order valence-electron chi connectivity index (χ4n) is 2.26. The van der Waals surface area contributed by atoms with E-state index < -0.39 is 0 Å². The average Bonchev–Trinajstić information content (AvgIpc) is 2.81. The van der Waals surface area contributed by atoms with Crippen LogP contribution in [0.25, 0.3) is 0 Å². The molecule has 1 fully saturated rings. The predicted molar refractivity (Wildman–Crippen MR) is 87.4 cm³/mol. The Hall–Kier alpha value is -1.00. The summed E-state index contributed by atoms with van der Waals surface area (Å²) in [6.45, 7) is 6.32. The molecule has 0 bridgehead atoms. The van der Waals surface area contributed by atoms with Gasteiger partial charge in [-0.2, -0.15) is 0 Å². The molecule has 104 valence electrons. The number of hydrogen-bond acceptors (Lipinski definition) is 2. The van der Waals surface area contributed by atoms with Crippen LogP contribution in [0.1, 0.15) is 26.7 Å². The molecule has 1 aromatic carbocycles. The number of rotatable bonds is 3. The minimum absolute atomic E-state index is 0.314. The first-order chi connectivity index (χ1) is 9.06. The molecular formula is C14H20ClN3S. The lowest BCUT2D eigenvalue weighted by Crippen LogP contribution is -2.34. The minimum atomic E-state index is 0.314. The van der Waals surface area contributed by atoms with Gasteiger partial charge in [-0.1, -0.05) is 11.6 Å². The molecule has 5 heteroatoms. The van der Waals surface area contributed by atoms with Gasteiger partial charge in [0.1, 0.15) is 0 Å². The number of hydrogen-bond donors (Lipinski definition) is 2. The summed E-state index contributed by atoms with van der Waals surface area (Å²) in [5, 5.41) is 7.80. The van der Waals surface area contributed by atoms with Gasteiger partial charge in [-0.15, -0.1) is 0 Å². The van der Waals surface area contributed by atoms with Crippen LogP contribution in [0.2, 0.25) is 5.02 Å². The number of thiocarbonyl (C=S) groups is 1. The first-order valence-corrected chi connectivity index (χ1v) is 7.47. The fourth-order valence-corrected chi connectivity index (χ4v) is 2.78. The van der Waals surface area contributed by atoms with E-state index in [1.165, 1.54) is 18.5 Å². The van der Waals surface area contributed by atoms with Gasteiger partial charge in [0.15, 0.2) is 5.11 Å². The second-order valence-electron chi connectivity index (χ2n) is 5.11. The number of halogens is 1. The third kappa shape index (κ3) is 3.98. The summed E-state index contributed by atoms with van der Waals surface area (Å²) < 4.78 is 0. The molecule has 1 aliphatic rings. The molecule has 2 N–H and O–H groups in total. The van der Waals surface area contributed by atoms with Crippen molar-refractivity contribution in [2.75, 3.05) is 23.3 Å². The normalized spacial score (nSPS) is 14.8. The fraction of sp³-hybridized carbons (Fsp3) is 0.500. The van der Waals surface area contributed by atoms with Crippen molar-refractivity contribution in [2.24, 2.45) is 0 Å². The lowest BCUT2D eigenvalue weighted by molar-refractivity contribution is 0.739. The van der Waals surface area contributed by atoms with Gasteiger partial charge in [0.2, 0.25) is 0 Å². The summed E-state index contributed by atoms with van der Waals surface area (Å²) in [7, 11) is 0. The smallest absolute Gasteiger partial charge is 0.171 e. The van der Waals surface area contributed by atoms with Crippen molar-refractivity contribution in [3.63, 3.8) is 0 Å². The van der Waals surface area contributed by atoms with E-state index in [4.69, 9.17) is 23.8 Å². The summed E-state index contributed by atoms with van der Waals surface area (Å²) in [5.74, 6) is 0. The predicted octanol–water partition coefficient (Wildman–Crippen LogP) is 3.64. The van der Waals surface area contributed by atoms with E-state index in [9.17, 15) is 0 Å². The van der Waals surface area contributed by atoms with Crippen LogP contribution in [0.15, 0.2) is 18.2 Å². The number of nitrogens with one attached hydrogen (secondary N) is 2. The van der Waals surface area contributed by atoms with Crippen molar-refractivity contribution in [1.82, 2.24) is 5.32 Å². The van der Waals surface area contributed by atoms with Crippen molar-refractivity contribution in [3.8, 4) is 0 Å². The molecule has 0 aliphatic carbocycles. The molecule has 0 radical (unpaired) electrons. The summed E-state index contributed by atoms with van der Waals surface area (Å²) in [4.78, 5) is 2.37. The third-order valence-electron chi connectivity index (χ3n) is 3.07. The standard InChI is InChI=1S/C14H20ClN3S/c1-10(2)16-14(19)17-12-9-11(15)5-6-13(12)18-7-3-4-8-18/h5-6,9-10H,3-4,7-8H2,1-2H3,(H2,16,17,19). The maximum absolute atomic E-state index is 6.09. The Balaban J connectivity index is 2.17. The van der Waals surface area contributed by atoms with E-state index in [-0.39, 0.29) is 0 Å². The Labute approximate surface area is 125 Å². The summed E-state index contributed by atoms with van der Waals surface area (Å²) in [5.41, 5.74) is 2.15. The number of nitrogens with zero attached hydrogens (tertiary/aromatic N) is 1. The van der Waals surface area contributed by atoms with E-state index in [0.29, 0.717) is 11.2 Å². The Morgan fingerprint density at radius 1 is 1.32 bits per heavy atom. The SMILES string of the molecule is CC(C)NC(=S)Nc1cc(Cl)ccc1N1CCCC1. The highest BCUT2D eigenvalue weighted by molar-refractivity contribution is 7.80. The summed E-state index contributed by atoms with van der Waals surface area (Å²) in [6, 6.07) is 6.24. The van der Waals surface area contributed by atoms with Crippen LogP contribution in [0.4, 0.5) is 11.4 Å². The molecule has 0 spiro atoms. The van der Waals surface area contributed by atoms with Gasteiger partial charge >= 0.3 is 0 Å². The molecule has 1 heterocycles. The van der Waals surface area contributed by atoms with Crippen LogP contribution in [-0.2, 0) is 0 Å². The van der Waals surface area contributed by atoms with Gasteiger partial charge in [-0.25, -0.2) is 0 Å². The minimum Gasteiger partial charge on any atom is -0.370 e. The zero-order chi connectivity index (χ0) is 13.8. The van der Waals surface area contributed by atoms with Crippen LogP contribution in [0.3, 0.4) is 0 Å². The second-order valence-corrected chi connectivity index (χ2v) is 5.95. The molecule has 1 aliphatic heterocycles. The first kappa shape index (κ1) is 14.4. The Bertz CT molecular complexity index is 456. The lowest BCUT2D eigenvalue weighted by Gasteiger charge is -2.23. The molecular weight excluding hydrogens is 278 g/mol. The summed E-state index contributed by atoms with van der Waals surface area (Å²) in [6.07, 6.45) is 2.49.